The summed E-state index contributed by atoms with van der Waals surface area (Å²) in [5, 5.41) is 10.3. The molecule has 0 heterocycles. The third-order valence-electron chi connectivity index (χ3n) is 3.19. The van der Waals surface area contributed by atoms with E-state index in [0.717, 1.165) is 0 Å². The number of rotatable bonds is 3. The predicted molar refractivity (Wildman–Crippen MR) is 78.7 cm³/mol. The molecule has 2 rings (SSSR count). The molecule has 0 fully saturated rings. The van der Waals surface area contributed by atoms with Crippen molar-refractivity contribution in [2.75, 3.05) is 0 Å². The molecule has 0 aliphatic carbocycles. The minimum Gasteiger partial charge on any atom is -0.384 e. The van der Waals surface area contributed by atoms with E-state index in [1.54, 1.807) is 18.2 Å². The second-order valence-corrected chi connectivity index (χ2v) is 5.72. The van der Waals surface area contributed by atoms with E-state index in [-0.39, 0.29) is 5.56 Å². The molecule has 1 N–H and O–H groups in total. The van der Waals surface area contributed by atoms with Gasteiger partial charge >= 0.3 is 0 Å². The lowest BCUT2D eigenvalue weighted by Gasteiger charge is -2.14. The number of hydrogen-bond donors (Lipinski definition) is 1. The molecule has 3 heteroatoms. The summed E-state index contributed by atoms with van der Waals surface area (Å²) in [4.78, 5) is 0. The summed E-state index contributed by atoms with van der Waals surface area (Å²) >= 11 is 3.13. The average Bonchev–Trinajstić information content (AvgIpc) is 2.41. The van der Waals surface area contributed by atoms with Crippen LogP contribution in [-0.4, -0.2) is 5.11 Å². The highest BCUT2D eigenvalue weighted by atomic mass is 79.9. The van der Waals surface area contributed by atoms with Crippen LogP contribution in [0, 0.1) is 5.82 Å². The summed E-state index contributed by atoms with van der Waals surface area (Å²) in [6.07, 6.45) is -0.946. The van der Waals surface area contributed by atoms with Crippen molar-refractivity contribution in [2.24, 2.45) is 0 Å². The number of benzene rings is 2. The number of aliphatic hydroxyl groups excluding tert-OH is 1. The van der Waals surface area contributed by atoms with Crippen LogP contribution in [0.25, 0.3) is 0 Å². The zero-order valence-electron chi connectivity index (χ0n) is 10.9. The fourth-order valence-corrected chi connectivity index (χ4v) is 2.36. The van der Waals surface area contributed by atoms with Gasteiger partial charge in [-0.2, -0.15) is 0 Å². The Hall–Kier alpha value is -1.19. The molecular formula is C16H16BrFO. The fourth-order valence-electron chi connectivity index (χ4n) is 1.97. The van der Waals surface area contributed by atoms with Crippen molar-refractivity contribution in [3.8, 4) is 0 Å². The summed E-state index contributed by atoms with van der Waals surface area (Å²) < 4.78 is 14.3. The molecule has 0 radical (unpaired) electrons. The van der Waals surface area contributed by atoms with Crippen molar-refractivity contribution in [3.05, 3.63) is 69.4 Å². The van der Waals surface area contributed by atoms with Gasteiger partial charge in [0.2, 0.25) is 0 Å². The van der Waals surface area contributed by atoms with Crippen molar-refractivity contribution in [1.29, 1.82) is 0 Å². The molecule has 0 aliphatic rings. The highest BCUT2D eigenvalue weighted by Gasteiger charge is 2.16. The quantitative estimate of drug-likeness (QED) is 0.861. The van der Waals surface area contributed by atoms with Crippen LogP contribution in [-0.2, 0) is 0 Å². The highest BCUT2D eigenvalue weighted by molar-refractivity contribution is 9.10. The molecule has 0 saturated heterocycles. The highest BCUT2D eigenvalue weighted by Crippen LogP contribution is 2.29. The Morgan fingerprint density at radius 2 is 1.58 bits per heavy atom. The number of aliphatic hydroxyl groups is 1. The lowest BCUT2D eigenvalue weighted by Crippen LogP contribution is -2.03. The summed E-state index contributed by atoms with van der Waals surface area (Å²) in [6.45, 7) is 4.22. The minimum absolute atomic E-state index is 0.284. The summed E-state index contributed by atoms with van der Waals surface area (Å²) in [7, 11) is 0. The summed E-state index contributed by atoms with van der Waals surface area (Å²) in [5.41, 5.74) is 2.18. The van der Waals surface area contributed by atoms with Crippen molar-refractivity contribution in [1.82, 2.24) is 0 Å². The lowest BCUT2D eigenvalue weighted by molar-refractivity contribution is 0.214. The van der Waals surface area contributed by atoms with E-state index in [1.165, 1.54) is 5.56 Å². The third kappa shape index (κ3) is 3.04. The zero-order chi connectivity index (χ0) is 14.0. The first-order valence-corrected chi connectivity index (χ1v) is 7.02. The first-order valence-electron chi connectivity index (χ1n) is 6.22. The van der Waals surface area contributed by atoms with Crippen molar-refractivity contribution >= 4 is 15.9 Å². The maximum Gasteiger partial charge on any atom is 0.143 e. The van der Waals surface area contributed by atoms with Gasteiger partial charge in [-0.05, 0) is 39.0 Å². The van der Waals surface area contributed by atoms with Gasteiger partial charge < -0.3 is 5.11 Å². The molecule has 2 aromatic carbocycles. The van der Waals surface area contributed by atoms with E-state index < -0.39 is 11.9 Å². The Labute approximate surface area is 121 Å². The third-order valence-corrected chi connectivity index (χ3v) is 3.81. The van der Waals surface area contributed by atoms with Gasteiger partial charge in [0, 0.05) is 5.56 Å². The van der Waals surface area contributed by atoms with E-state index in [2.05, 4.69) is 29.8 Å². The Morgan fingerprint density at radius 1 is 1.00 bits per heavy atom. The number of halogens is 2. The van der Waals surface area contributed by atoms with Gasteiger partial charge in [-0.1, -0.05) is 50.2 Å². The van der Waals surface area contributed by atoms with Crippen molar-refractivity contribution < 1.29 is 9.50 Å². The molecule has 19 heavy (non-hydrogen) atoms. The van der Waals surface area contributed by atoms with Crippen LogP contribution in [0.4, 0.5) is 4.39 Å². The summed E-state index contributed by atoms with van der Waals surface area (Å²) in [6, 6.07) is 12.6. The molecule has 0 aromatic heterocycles. The standard InChI is InChI=1S/C16H16BrFO/c1-10(2)11-6-8-12(9-7-11)16(19)13-4-3-5-14(17)15(13)18/h3-10,16,19H,1-2H3. The second kappa shape index (κ2) is 5.85. The van der Waals surface area contributed by atoms with Gasteiger partial charge in [-0.3, -0.25) is 0 Å². The average molecular weight is 323 g/mol. The molecule has 100 valence electrons. The van der Waals surface area contributed by atoms with Gasteiger partial charge in [0.25, 0.3) is 0 Å². The van der Waals surface area contributed by atoms with Crippen LogP contribution in [0.1, 0.15) is 42.6 Å². The molecular weight excluding hydrogens is 307 g/mol. The molecule has 1 unspecified atom stereocenters. The fraction of sp³-hybridized carbons (Fsp3) is 0.250. The van der Waals surface area contributed by atoms with Crippen LogP contribution in [0.15, 0.2) is 46.9 Å². The Balaban J connectivity index is 2.33. The Morgan fingerprint density at radius 3 is 2.16 bits per heavy atom. The van der Waals surface area contributed by atoms with Crippen LogP contribution >= 0.6 is 15.9 Å². The van der Waals surface area contributed by atoms with E-state index in [4.69, 9.17) is 0 Å². The van der Waals surface area contributed by atoms with E-state index in [9.17, 15) is 9.50 Å². The first kappa shape index (κ1) is 14.2. The Kier molecular flexibility index (Phi) is 4.38. The van der Waals surface area contributed by atoms with E-state index in [1.807, 2.05) is 24.3 Å². The topological polar surface area (TPSA) is 20.2 Å². The van der Waals surface area contributed by atoms with Crippen LogP contribution in [0.5, 0.6) is 0 Å². The van der Waals surface area contributed by atoms with Crippen LogP contribution < -0.4 is 0 Å². The van der Waals surface area contributed by atoms with Gasteiger partial charge in [-0.25, -0.2) is 4.39 Å². The first-order chi connectivity index (χ1) is 9.00. The molecule has 0 spiro atoms. The zero-order valence-corrected chi connectivity index (χ0v) is 12.5. The number of hydrogen-bond acceptors (Lipinski definition) is 1. The monoisotopic (exact) mass is 322 g/mol. The molecule has 1 nitrogen and oxygen atoms in total. The van der Waals surface area contributed by atoms with Crippen LogP contribution in [0.2, 0.25) is 0 Å². The molecule has 0 aliphatic heterocycles. The SMILES string of the molecule is CC(C)c1ccc(C(O)c2cccc(Br)c2F)cc1. The molecule has 0 bridgehead atoms. The largest absolute Gasteiger partial charge is 0.384 e. The normalized spacial score (nSPS) is 12.7. The summed E-state index contributed by atoms with van der Waals surface area (Å²) in [5.74, 6) is 0.0248. The minimum atomic E-state index is -0.946. The van der Waals surface area contributed by atoms with Gasteiger partial charge in [0.15, 0.2) is 0 Å². The smallest absolute Gasteiger partial charge is 0.143 e. The predicted octanol–water partition coefficient (Wildman–Crippen LogP) is 4.79. The maximum atomic E-state index is 13.9. The van der Waals surface area contributed by atoms with Gasteiger partial charge in [0.05, 0.1) is 4.47 Å². The van der Waals surface area contributed by atoms with E-state index in [0.29, 0.717) is 16.0 Å². The second-order valence-electron chi connectivity index (χ2n) is 4.87. The molecule has 0 saturated carbocycles. The molecule has 1 atom stereocenters. The van der Waals surface area contributed by atoms with Gasteiger partial charge in [-0.15, -0.1) is 0 Å². The van der Waals surface area contributed by atoms with Gasteiger partial charge in [0.1, 0.15) is 11.9 Å². The Bertz CT molecular complexity index is 563. The van der Waals surface area contributed by atoms with E-state index >= 15 is 0 Å². The lowest BCUT2D eigenvalue weighted by atomic mass is 9.97. The van der Waals surface area contributed by atoms with Crippen molar-refractivity contribution in [3.63, 3.8) is 0 Å². The van der Waals surface area contributed by atoms with Crippen LogP contribution in [0.3, 0.4) is 0 Å². The van der Waals surface area contributed by atoms with Crippen molar-refractivity contribution in [2.45, 2.75) is 25.9 Å². The molecule has 2 aromatic rings. The maximum absolute atomic E-state index is 13.9. The molecule has 0 amide bonds.